The van der Waals surface area contributed by atoms with Gasteiger partial charge in [0.25, 0.3) is 5.91 Å². The van der Waals surface area contributed by atoms with Crippen LogP contribution >= 0.6 is 0 Å². The number of hydrogen-bond acceptors (Lipinski definition) is 7. The van der Waals surface area contributed by atoms with Gasteiger partial charge in [0.1, 0.15) is 17.3 Å². The van der Waals surface area contributed by atoms with E-state index in [-0.39, 0.29) is 11.6 Å². The highest BCUT2D eigenvalue weighted by Gasteiger charge is 2.11. The molecule has 1 aromatic carbocycles. The molecule has 0 fully saturated rings. The van der Waals surface area contributed by atoms with Crippen molar-refractivity contribution in [1.82, 2.24) is 15.3 Å². The van der Waals surface area contributed by atoms with Crippen LogP contribution in [-0.4, -0.2) is 50.4 Å². The fraction of sp³-hybridized carbons (Fsp3) is 0.353. The molecule has 1 amide bonds. The maximum absolute atomic E-state index is 12.1. The number of benzene rings is 1. The van der Waals surface area contributed by atoms with Crippen LogP contribution in [0.25, 0.3) is 0 Å². The lowest BCUT2D eigenvalue weighted by molar-refractivity contribution is 0.0931. The Hall–Kier alpha value is -2.87. The van der Waals surface area contributed by atoms with Gasteiger partial charge >= 0.3 is 0 Å². The van der Waals surface area contributed by atoms with Crippen LogP contribution in [0.2, 0.25) is 0 Å². The molecule has 0 aliphatic rings. The van der Waals surface area contributed by atoms with Crippen molar-refractivity contribution in [2.75, 3.05) is 39.8 Å². The third kappa shape index (κ3) is 5.05. The quantitative estimate of drug-likeness (QED) is 0.705. The average Bonchev–Trinajstić information content (AvgIpc) is 2.61. The topological polar surface area (TPSA) is 94.6 Å². The van der Waals surface area contributed by atoms with E-state index in [9.17, 15) is 4.79 Å². The van der Waals surface area contributed by atoms with Crippen molar-refractivity contribution in [2.24, 2.45) is 0 Å². The van der Waals surface area contributed by atoms with E-state index in [2.05, 4.69) is 20.6 Å². The SMILES string of the molecule is COCCNC(=O)c1cc(Nc2ccc(OC)c(OC)c2)nc(C)n1. The number of aryl methyl sites for hydroxylation is 1. The van der Waals surface area contributed by atoms with Crippen molar-refractivity contribution in [3.63, 3.8) is 0 Å². The highest BCUT2D eigenvalue weighted by atomic mass is 16.5. The lowest BCUT2D eigenvalue weighted by atomic mass is 10.2. The van der Waals surface area contributed by atoms with Crippen LogP contribution in [-0.2, 0) is 4.74 Å². The molecule has 2 aromatic rings. The molecule has 1 heterocycles. The first-order valence-corrected chi connectivity index (χ1v) is 7.69. The van der Waals surface area contributed by atoms with E-state index in [1.54, 1.807) is 46.5 Å². The number of hydrogen-bond donors (Lipinski definition) is 2. The Morgan fingerprint density at radius 2 is 1.84 bits per heavy atom. The third-order valence-corrected chi connectivity index (χ3v) is 3.32. The molecule has 1 aromatic heterocycles. The Balaban J connectivity index is 2.18. The van der Waals surface area contributed by atoms with E-state index in [0.29, 0.717) is 36.3 Å². The monoisotopic (exact) mass is 346 g/mol. The van der Waals surface area contributed by atoms with Gasteiger partial charge < -0.3 is 24.8 Å². The van der Waals surface area contributed by atoms with Crippen molar-refractivity contribution < 1.29 is 19.0 Å². The minimum atomic E-state index is -0.280. The largest absolute Gasteiger partial charge is 0.493 e. The average molecular weight is 346 g/mol. The first-order valence-electron chi connectivity index (χ1n) is 7.69. The van der Waals surface area contributed by atoms with E-state index in [1.807, 2.05) is 6.07 Å². The second kappa shape index (κ2) is 8.84. The number of methoxy groups -OCH3 is 3. The Labute approximate surface area is 146 Å². The maximum Gasteiger partial charge on any atom is 0.270 e. The van der Waals surface area contributed by atoms with E-state index >= 15 is 0 Å². The van der Waals surface area contributed by atoms with Crippen molar-refractivity contribution in [2.45, 2.75) is 6.92 Å². The number of amides is 1. The molecule has 2 rings (SSSR count). The predicted octanol–water partition coefficient (Wildman–Crippen LogP) is 1.92. The van der Waals surface area contributed by atoms with Crippen molar-refractivity contribution in [3.8, 4) is 11.5 Å². The van der Waals surface area contributed by atoms with Crippen molar-refractivity contribution in [3.05, 3.63) is 35.8 Å². The van der Waals surface area contributed by atoms with Crippen LogP contribution in [0, 0.1) is 6.92 Å². The number of rotatable bonds is 8. The molecular formula is C17H22N4O4. The van der Waals surface area contributed by atoms with Gasteiger partial charge in [-0.25, -0.2) is 9.97 Å². The van der Waals surface area contributed by atoms with Gasteiger partial charge in [-0.1, -0.05) is 0 Å². The zero-order valence-electron chi connectivity index (χ0n) is 14.8. The van der Waals surface area contributed by atoms with Crippen LogP contribution in [0.3, 0.4) is 0 Å². The normalized spacial score (nSPS) is 10.2. The summed E-state index contributed by atoms with van der Waals surface area (Å²) in [6.45, 7) is 2.58. The molecule has 0 saturated carbocycles. The highest BCUT2D eigenvalue weighted by molar-refractivity contribution is 5.93. The van der Waals surface area contributed by atoms with Crippen LogP contribution in [0.5, 0.6) is 11.5 Å². The Bertz CT molecular complexity index is 737. The molecule has 0 unspecified atom stereocenters. The molecular weight excluding hydrogens is 324 g/mol. The number of carbonyl (C=O) groups excluding carboxylic acids is 1. The third-order valence-electron chi connectivity index (χ3n) is 3.32. The summed E-state index contributed by atoms with van der Waals surface area (Å²) in [5, 5.41) is 5.87. The zero-order chi connectivity index (χ0) is 18.2. The molecule has 25 heavy (non-hydrogen) atoms. The van der Waals surface area contributed by atoms with Gasteiger partial charge in [-0.3, -0.25) is 4.79 Å². The molecule has 8 heteroatoms. The van der Waals surface area contributed by atoms with E-state index in [4.69, 9.17) is 14.2 Å². The summed E-state index contributed by atoms with van der Waals surface area (Å²) >= 11 is 0. The fourth-order valence-electron chi connectivity index (χ4n) is 2.17. The molecule has 0 aliphatic heterocycles. The minimum absolute atomic E-state index is 0.280. The molecule has 0 saturated heterocycles. The molecule has 0 bridgehead atoms. The lowest BCUT2D eigenvalue weighted by Crippen LogP contribution is -2.28. The standard InChI is InChI=1S/C17H22N4O4/c1-11-19-13(17(22)18-7-8-23-2)10-16(20-11)21-12-5-6-14(24-3)15(9-12)25-4/h5-6,9-10H,7-8H2,1-4H3,(H,18,22)(H,19,20,21). The van der Waals surface area contributed by atoms with E-state index in [0.717, 1.165) is 5.69 Å². The molecule has 8 nitrogen and oxygen atoms in total. The fourth-order valence-corrected chi connectivity index (χ4v) is 2.17. The molecule has 0 atom stereocenters. The maximum atomic E-state index is 12.1. The first-order chi connectivity index (χ1) is 12.1. The van der Waals surface area contributed by atoms with E-state index < -0.39 is 0 Å². The molecule has 134 valence electrons. The summed E-state index contributed by atoms with van der Waals surface area (Å²) in [6.07, 6.45) is 0. The Kier molecular flexibility index (Phi) is 6.53. The van der Waals surface area contributed by atoms with Gasteiger partial charge in [-0.2, -0.15) is 0 Å². The molecule has 0 spiro atoms. The van der Waals surface area contributed by atoms with Crippen molar-refractivity contribution >= 4 is 17.4 Å². The summed E-state index contributed by atoms with van der Waals surface area (Å²) in [6, 6.07) is 6.99. The summed E-state index contributed by atoms with van der Waals surface area (Å²) in [5.41, 5.74) is 1.04. The number of ether oxygens (including phenoxy) is 3. The van der Waals surface area contributed by atoms with Crippen LogP contribution < -0.4 is 20.1 Å². The Morgan fingerprint density at radius 3 is 2.52 bits per heavy atom. The molecule has 2 N–H and O–H groups in total. The van der Waals surface area contributed by atoms with Crippen LogP contribution in [0.1, 0.15) is 16.3 Å². The van der Waals surface area contributed by atoms with Crippen LogP contribution in [0.15, 0.2) is 24.3 Å². The summed E-state index contributed by atoms with van der Waals surface area (Å²) in [5.74, 6) is 1.94. The molecule has 0 aliphatic carbocycles. The molecule has 0 radical (unpaired) electrons. The number of nitrogens with one attached hydrogen (secondary N) is 2. The second-order valence-corrected chi connectivity index (χ2v) is 5.13. The van der Waals surface area contributed by atoms with Gasteiger partial charge in [-0.15, -0.1) is 0 Å². The second-order valence-electron chi connectivity index (χ2n) is 5.13. The van der Waals surface area contributed by atoms with Gasteiger partial charge in [0, 0.05) is 31.5 Å². The van der Waals surface area contributed by atoms with Crippen LogP contribution in [0.4, 0.5) is 11.5 Å². The lowest BCUT2D eigenvalue weighted by Gasteiger charge is -2.12. The predicted molar refractivity (Wildman–Crippen MR) is 93.8 cm³/mol. The van der Waals surface area contributed by atoms with Gasteiger partial charge in [0.15, 0.2) is 11.5 Å². The smallest absolute Gasteiger partial charge is 0.270 e. The number of aromatic nitrogens is 2. The van der Waals surface area contributed by atoms with Crippen molar-refractivity contribution in [1.29, 1.82) is 0 Å². The van der Waals surface area contributed by atoms with Gasteiger partial charge in [0.2, 0.25) is 0 Å². The summed E-state index contributed by atoms with van der Waals surface area (Å²) < 4.78 is 15.4. The number of anilines is 2. The number of carbonyl (C=O) groups is 1. The van der Waals surface area contributed by atoms with E-state index in [1.165, 1.54) is 0 Å². The Morgan fingerprint density at radius 1 is 1.08 bits per heavy atom. The first kappa shape index (κ1) is 18.5. The summed E-state index contributed by atoms with van der Waals surface area (Å²) in [7, 11) is 4.72. The summed E-state index contributed by atoms with van der Waals surface area (Å²) in [4.78, 5) is 20.6. The number of nitrogens with zero attached hydrogens (tertiary/aromatic N) is 2. The zero-order valence-corrected chi connectivity index (χ0v) is 14.8. The van der Waals surface area contributed by atoms with Gasteiger partial charge in [-0.05, 0) is 19.1 Å². The minimum Gasteiger partial charge on any atom is -0.493 e. The van der Waals surface area contributed by atoms with Gasteiger partial charge in [0.05, 0.1) is 20.8 Å². The highest BCUT2D eigenvalue weighted by Crippen LogP contribution is 2.30.